The average Bonchev–Trinajstić information content (AvgIpc) is 3.36. The standard InChI is InChI=1S/C29H31ClFN5O2/c30-22-7-4-20(5-8-22)15-32-16-24-2-1-3-28(33-24)37-19-21-6-10-25-18-36(13-12-35(25)17-21)29-26-14-23(31)9-11-27(26)38-34-29/h1-5,7-9,11,14,21,25,32H,6,10,12-13,15-19H2. The number of nitrogens with one attached hydrogen (secondary N) is 1. The van der Waals surface area contributed by atoms with E-state index in [2.05, 4.69) is 25.3 Å². The molecule has 0 radical (unpaired) electrons. The van der Waals surface area contributed by atoms with Crippen LogP contribution in [-0.2, 0) is 13.1 Å². The van der Waals surface area contributed by atoms with Crippen LogP contribution >= 0.6 is 11.6 Å². The molecule has 2 fully saturated rings. The molecule has 0 spiro atoms. The highest BCUT2D eigenvalue weighted by Crippen LogP contribution is 2.31. The van der Waals surface area contributed by atoms with E-state index >= 15 is 0 Å². The molecule has 7 nitrogen and oxygen atoms in total. The van der Waals surface area contributed by atoms with Gasteiger partial charge in [-0.15, -0.1) is 0 Å². The first kappa shape index (κ1) is 25.1. The predicted molar refractivity (Wildman–Crippen MR) is 146 cm³/mol. The number of ether oxygens (including phenoxy) is 1. The Morgan fingerprint density at radius 2 is 1.92 bits per heavy atom. The van der Waals surface area contributed by atoms with Crippen LogP contribution < -0.4 is 15.0 Å². The number of hydrogen-bond donors (Lipinski definition) is 1. The lowest BCUT2D eigenvalue weighted by Gasteiger charge is -2.46. The van der Waals surface area contributed by atoms with Gasteiger partial charge in [0.2, 0.25) is 5.88 Å². The molecule has 1 N–H and O–H groups in total. The minimum Gasteiger partial charge on any atom is -0.477 e. The van der Waals surface area contributed by atoms with Gasteiger partial charge in [-0.25, -0.2) is 9.37 Å². The molecule has 9 heteroatoms. The Labute approximate surface area is 226 Å². The van der Waals surface area contributed by atoms with E-state index in [1.54, 1.807) is 6.07 Å². The van der Waals surface area contributed by atoms with Crippen molar-refractivity contribution in [2.75, 3.05) is 37.7 Å². The van der Waals surface area contributed by atoms with Crippen LogP contribution in [0.5, 0.6) is 5.88 Å². The summed E-state index contributed by atoms with van der Waals surface area (Å²) in [5.74, 6) is 1.62. The van der Waals surface area contributed by atoms with Gasteiger partial charge in [-0.1, -0.05) is 35.0 Å². The zero-order chi connectivity index (χ0) is 25.9. The summed E-state index contributed by atoms with van der Waals surface area (Å²) in [6.45, 7) is 5.75. The molecule has 0 saturated carbocycles. The van der Waals surface area contributed by atoms with Crippen molar-refractivity contribution in [1.82, 2.24) is 20.4 Å². The van der Waals surface area contributed by atoms with Crippen LogP contribution in [0.3, 0.4) is 0 Å². The Morgan fingerprint density at radius 3 is 2.82 bits per heavy atom. The molecule has 198 valence electrons. The van der Waals surface area contributed by atoms with Gasteiger partial charge >= 0.3 is 0 Å². The molecule has 2 unspecified atom stereocenters. The molecule has 0 bridgehead atoms. The largest absolute Gasteiger partial charge is 0.477 e. The van der Waals surface area contributed by atoms with E-state index in [0.717, 1.165) is 67.5 Å². The predicted octanol–water partition coefficient (Wildman–Crippen LogP) is 5.28. The molecule has 4 heterocycles. The van der Waals surface area contributed by atoms with E-state index < -0.39 is 0 Å². The number of benzene rings is 2. The van der Waals surface area contributed by atoms with Gasteiger partial charge in [0.1, 0.15) is 5.82 Å². The number of nitrogens with zero attached hydrogens (tertiary/aromatic N) is 4. The minimum atomic E-state index is -0.268. The van der Waals surface area contributed by atoms with Gasteiger partial charge in [-0.05, 0) is 54.8 Å². The third-order valence-electron chi connectivity index (χ3n) is 7.51. The highest BCUT2D eigenvalue weighted by molar-refractivity contribution is 6.30. The molecular formula is C29H31ClFN5O2. The van der Waals surface area contributed by atoms with Crippen LogP contribution in [0.2, 0.25) is 5.02 Å². The first-order chi connectivity index (χ1) is 18.6. The summed E-state index contributed by atoms with van der Waals surface area (Å²) in [4.78, 5) is 9.48. The molecule has 2 aliphatic rings. The first-order valence-electron chi connectivity index (χ1n) is 13.2. The zero-order valence-corrected chi connectivity index (χ0v) is 21.9. The lowest BCUT2D eigenvalue weighted by molar-refractivity contribution is 0.0716. The maximum Gasteiger partial charge on any atom is 0.213 e. The summed E-state index contributed by atoms with van der Waals surface area (Å²) in [6.07, 6.45) is 2.20. The second kappa shape index (κ2) is 11.3. The van der Waals surface area contributed by atoms with E-state index in [1.165, 1.54) is 17.7 Å². The number of piperidine rings is 1. The average molecular weight is 536 g/mol. The maximum atomic E-state index is 13.8. The second-order valence-electron chi connectivity index (χ2n) is 10.2. The maximum absolute atomic E-state index is 13.8. The Morgan fingerprint density at radius 1 is 1.03 bits per heavy atom. The van der Waals surface area contributed by atoms with Gasteiger partial charge in [-0.2, -0.15) is 0 Å². The van der Waals surface area contributed by atoms with Crippen LogP contribution in [0, 0.1) is 11.7 Å². The topological polar surface area (TPSA) is 66.7 Å². The highest BCUT2D eigenvalue weighted by atomic mass is 35.5. The third-order valence-corrected chi connectivity index (χ3v) is 7.77. The van der Waals surface area contributed by atoms with E-state index in [1.807, 2.05) is 42.5 Å². The van der Waals surface area contributed by atoms with Gasteiger partial charge in [0.15, 0.2) is 11.4 Å². The molecule has 0 aliphatic carbocycles. The fraction of sp³-hybridized carbons (Fsp3) is 0.379. The quantitative estimate of drug-likeness (QED) is 0.329. The number of aromatic nitrogens is 2. The molecule has 2 saturated heterocycles. The van der Waals surface area contributed by atoms with Crippen molar-refractivity contribution in [2.24, 2.45) is 5.92 Å². The van der Waals surface area contributed by atoms with E-state index in [0.29, 0.717) is 36.6 Å². The summed E-state index contributed by atoms with van der Waals surface area (Å²) in [6, 6.07) is 18.8. The number of halogens is 2. The number of pyridine rings is 1. The fourth-order valence-electron chi connectivity index (χ4n) is 5.49. The number of fused-ring (bicyclic) bond motifs is 2. The normalized spacial score (nSPS) is 20.0. The van der Waals surface area contributed by atoms with Crippen LogP contribution in [0.1, 0.15) is 24.1 Å². The van der Waals surface area contributed by atoms with Crippen molar-refractivity contribution in [2.45, 2.75) is 32.0 Å². The van der Waals surface area contributed by atoms with Gasteiger partial charge in [0.25, 0.3) is 0 Å². The Bertz CT molecular complexity index is 1380. The molecule has 2 aromatic carbocycles. The van der Waals surface area contributed by atoms with Gasteiger partial charge in [0, 0.05) is 62.3 Å². The molecule has 6 rings (SSSR count). The summed E-state index contributed by atoms with van der Waals surface area (Å²) >= 11 is 5.96. The van der Waals surface area contributed by atoms with E-state index in [9.17, 15) is 4.39 Å². The smallest absolute Gasteiger partial charge is 0.213 e. The van der Waals surface area contributed by atoms with Crippen molar-refractivity contribution in [3.05, 3.63) is 82.8 Å². The number of hydrogen-bond acceptors (Lipinski definition) is 7. The van der Waals surface area contributed by atoms with Crippen LogP contribution in [-0.4, -0.2) is 53.9 Å². The SMILES string of the molecule is Fc1ccc2onc(N3CCN4CC(COc5cccc(CNCc6ccc(Cl)cc6)n5)CCC4C3)c2c1. The third kappa shape index (κ3) is 5.77. The lowest BCUT2D eigenvalue weighted by atomic mass is 9.91. The Kier molecular flexibility index (Phi) is 7.44. The summed E-state index contributed by atoms with van der Waals surface area (Å²) in [5.41, 5.74) is 2.76. The van der Waals surface area contributed by atoms with Crippen molar-refractivity contribution >= 4 is 28.4 Å². The van der Waals surface area contributed by atoms with Gasteiger partial charge in [0.05, 0.1) is 17.7 Å². The van der Waals surface area contributed by atoms with Crippen LogP contribution in [0.15, 0.2) is 65.2 Å². The molecule has 2 aromatic heterocycles. The van der Waals surface area contributed by atoms with Crippen molar-refractivity contribution in [3.63, 3.8) is 0 Å². The number of piperazine rings is 1. The fourth-order valence-corrected chi connectivity index (χ4v) is 5.62. The Hall–Kier alpha value is -3.20. The molecule has 0 amide bonds. The van der Waals surface area contributed by atoms with Crippen molar-refractivity contribution in [1.29, 1.82) is 0 Å². The Balaban J connectivity index is 0.981. The summed E-state index contributed by atoms with van der Waals surface area (Å²) in [7, 11) is 0. The monoisotopic (exact) mass is 535 g/mol. The molecule has 4 aromatic rings. The van der Waals surface area contributed by atoms with E-state index in [4.69, 9.17) is 20.9 Å². The van der Waals surface area contributed by atoms with Crippen molar-refractivity contribution in [3.8, 4) is 5.88 Å². The number of rotatable bonds is 8. The van der Waals surface area contributed by atoms with Crippen molar-refractivity contribution < 1.29 is 13.7 Å². The number of anilines is 1. The zero-order valence-electron chi connectivity index (χ0n) is 21.2. The molecule has 38 heavy (non-hydrogen) atoms. The molecule has 2 aliphatic heterocycles. The van der Waals surface area contributed by atoms with Gasteiger partial charge < -0.3 is 19.5 Å². The lowest BCUT2D eigenvalue weighted by Crippen LogP contribution is -2.57. The highest BCUT2D eigenvalue weighted by Gasteiger charge is 2.34. The van der Waals surface area contributed by atoms with Gasteiger partial charge in [-0.3, -0.25) is 4.90 Å². The second-order valence-corrected chi connectivity index (χ2v) is 10.6. The van der Waals surface area contributed by atoms with Crippen LogP contribution in [0.25, 0.3) is 11.0 Å². The van der Waals surface area contributed by atoms with Crippen LogP contribution in [0.4, 0.5) is 10.2 Å². The first-order valence-corrected chi connectivity index (χ1v) is 13.6. The molecular weight excluding hydrogens is 505 g/mol. The molecule has 2 atom stereocenters. The summed E-state index contributed by atoms with van der Waals surface area (Å²) < 4.78 is 25.4. The van der Waals surface area contributed by atoms with E-state index in [-0.39, 0.29) is 5.82 Å². The summed E-state index contributed by atoms with van der Waals surface area (Å²) in [5, 5.41) is 9.17. The minimum absolute atomic E-state index is 0.268.